The van der Waals surface area contributed by atoms with Gasteiger partial charge in [0.25, 0.3) is 0 Å². The fraction of sp³-hybridized carbons (Fsp3) is 0.571. The molecule has 3 rings (SSSR count). The summed E-state index contributed by atoms with van der Waals surface area (Å²) >= 11 is 5.36. The van der Waals surface area contributed by atoms with Gasteiger partial charge in [-0.25, -0.2) is 4.98 Å². The highest BCUT2D eigenvalue weighted by molar-refractivity contribution is 7.80. The molecule has 0 radical (unpaired) electrons. The van der Waals surface area contributed by atoms with Crippen LogP contribution in [-0.4, -0.2) is 16.1 Å². The van der Waals surface area contributed by atoms with Crippen molar-refractivity contribution in [3.63, 3.8) is 0 Å². The molecule has 2 aliphatic carbocycles. The minimum absolute atomic E-state index is 0.578. The molecule has 0 aliphatic heterocycles. The molecule has 1 aromatic heterocycles. The molecule has 1 aromatic rings. The highest BCUT2D eigenvalue weighted by Crippen LogP contribution is 2.44. The van der Waals surface area contributed by atoms with Gasteiger partial charge in [0.15, 0.2) is 5.11 Å². The summed E-state index contributed by atoms with van der Waals surface area (Å²) in [4.78, 5) is 4.30. The number of nitrogens with zero attached hydrogens (tertiary/aromatic N) is 1. The van der Waals surface area contributed by atoms with E-state index in [-0.39, 0.29) is 0 Å². The summed E-state index contributed by atoms with van der Waals surface area (Å²) in [5, 5.41) is 7.33. The molecule has 2 N–H and O–H groups in total. The summed E-state index contributed by atoms with van der Waals surface area (Å²) in [5.41, 5.74) is 1.16. The van der Waals surface area contributed by atoms with Crippen molar-refractivity contribution in [3.05, 3.63) is 23.9 Å². The Hall–Kier alpha value is -1.16. The van der Waals surface area contributed by atoms with Crippen LogP contribution in [0.3, 0.4) is 0 Å². The van der Waals surface area contributed by atoms with Gasteiger partial charge in [-0.2, -0.15) is 0 Å². The maximum absolute atomic E-state index is 5.36. The lowest BCUT2D eigenvalue weighted by Gasteiger charge is -2.24. The molecule has 2 fully saturated rings. The maximum Gasteiger partial charge on any atom is 0.172 e. The third-order valence-electron chi connectivity index (χ3n) is 4.21. The number of aryl methyl sites for hydroxylation is 1. The van der Waals surface area contributed by atoms with Gasteiger partial charge in [-0.3, -0.25) is 0 Å². The van der Waals surface area contributed by atoms with Crippen LogP contribution in [0.2, 0.25) is 0 Å². The Labute approximate surface area is 113 Å². The van der Waals surface area contributed by atoms with Crippen molar-refractivity contribution in [3.8, 4) is 0 Å². The predicted molar refractivity (Wildman–Crippen MR) is 77.6 cm³/mol. The van der Waals surface area contributed by atoms with Crippen molar-refractivity contribution in [1.82, 2.24) is 10.3 Å². The lowest BCUT2D eigenvalue weighted by Crippen LogP contribution is -2.40. The molecule has 0 saturated heterocycles. The van der Waals surface area contributed by atoms with Gasteiger partial charge in [-0.1, -0.05) is 12.5 Å². The van der Waals surface area contributed by atoms with E-state index in [1.54, 1.807) is 0 Å². The molecular weight excluding hydrogens is 242 g/mol. The SMILES string of the molecule is Cc1ccc(NC(=S)N[C@H]2C[C@H]3CC[C@H]2C3)nc1. The summed E-state index contributed by atoms with van der Waals surface area (Å²) in [6, 6.07) is 4.58. The number of thiocarbonyl (C=S) groups is 1. The second-order valence-corrected chi connectivity index (χ2v) is 6.01. The summed E-state index contributed by atoms with van der Waals surface area (Å²) in [7, 11) is 0. The average molecular weight is 261 g/mol. The zero-order valence-corrected chi connectivity index (χ0v) is 11.5. The fourth-order valence-electron chi connectivity index (χ4n) is 3.28. The summed E-state index contributed by atoms with van der Waals surface area (Å²) in [6.45, 7) is 2.03. The van der Waals surface area contributed by atoms with Crippen LogP contribution in [0.4, 0.5) is 5.82 Å². The zero-order chi connectivity index (χ0) is 12.5. The number of anilines is 1. The number of nitrogens with one attached hydrogen (secondary N) is 2. The first kappa shape index (κ1) is 11.9. The molecule has 0 spiro atoms. The van der Waals surface area contributed by atoms with Crippen LogP contribution in [0.5, 0.6) is 0 Å². The number of pyridine rings is 1. The molecule has 3 nitrogen and oxygen atoms in total. The maximum atomic E-state index is 5.36. The van der Waals surface area contributed by atoms with E-state index in [0.29, 0.717) is 11.2 Å². The van der Waals surface area contributed by atoms with E-state index < -0.39 is 0 Å². The van der Waals surface area contributed by atoms with E-state index in [9.17, 15) is 0 Å². The molecule has 2 bridgehead atoms. The molecular formula is C14H19N3S. The minimum Gasteiger partial charge on any atom is -0.359 e. The summed E-state index contributed by atoms with van der Waals surface area (Å²) < 4.78 is 0. The number of fused-ring (bicyclic) bond motifs is 2. The molecule has 2 saturated carbocycles. The van der Waals surface area contributed by atoms with Gasteiger partial charge in [-0.05, 0) is 61.9 Å². The topological polar surface area (TPSA) is 37.0 Å². The Morgan fingerprint density at radius 3 is 2.83 bits per heavy atom. The molecule has 0 unspecified atom stereocenters. The molecule has 0 amide bonds. The lowest BCUT2D eigenvalue weighted by molar-refractivity contribution is 0.392. The van der Waals surface area contributed by atoms with Crippen molar-refractivity contribution < 1.29 is 0 Å². The first-order valence-electron chi connectivity index (χ1n) is 6.71. The Morgan fingerprint density at radius 2 is 2.22 bits per heavy atom. The van der Waals surface area contributed by atoms with E-state index in [1.807, 2.05) is 25.3 Å². The van der Waals surface area contributed by atoms with Crippen molar-refractivity contribution in [2.24, 2.45) is 11.8 Å². The Kier molecular flexibility index (Phi) is 3.20. The number of aromatic nitrogens is 1. The predicted octanol–water partition coefficient (Wildman–Crippen LogP) is 2.87. The highest BCUT2D eigenvalue weighted by atomic mass is 32.1. The van der Waals surface area contributed by atoms with Gasteiger partial charge in [-0.15, -0.1) is 0 Å². The van der Waals surface area contributed by atoms with E-state index in [1.165, 1.54) is 25.7 Å². The van der Waals surface area contributed by atoms with E-state index >= 15 is 0 Å². The fourth-order valence-corrected chi connectivity index (χ4v) is 3.54. The quantitative estimate of drug-likeness (QED) is 0.803. The van der Waals surface area contributed by atoms with Crippen LogP contribution in [-0.2, 0) is 0 Å². The number of hydrogen-bond donors (Lipinski definition) is 2. The molecule has 4 heteroatoms. The zero-order valence-electron chi connectivity index (χ0n) is 10.6. The molecule has 1 heterocycles. The van der Waals surface area contributed by atoms with Crippen LogP contribution in [0.15, 0.2) is 18.3 Å². The van der Waals surface area contributed by atoms with Gasteiger partial charge in [0.2, 0.25) is 0 Å². The monoisotopic (exact) mass is 261 g/mol. The van der Waals surface area contributed by atoms with Crippen molar-refractivity contribution >= 4 is 23.1 Å². The third-order valence-corrected chi connectivity index (χ3v) is 4.43. The largest absolute Gasteiger partial charge is 0.359 e. The Balaban J connectivity index is 1.54. The van der Waals surface area contributed by atoms with E-state index in [2.05, 4.69) is 15.6 Å². The lowest BCUT2D eigenvalue weighted by atomic mass is 9.96. The second-order valence-electron chi connectivity index (χ2n) is 5.60. The molecule has 0 aromatic carbocycles. The highest BCUT2D eigenvalue weighted by Gasteiger charge is 2.39. The summed E-state index contributed by atoms with van der Waals surface area (Å²) in [6.07, 6.45) is 7.32. The number of hydrogen-bond acceptors (Lipinski definition) is 2. The van der Waals surface area contributed by atoms with Crippen LogP contribution < -0.4 is 10.6 Å². The number of rotatable bonds is 2. The van der Waals surface area contributed by atoms with Gasteiger partial charge >= 0.3 is 0 Å². The van der Waals surface area contributed by atoms with E-state index in [0.717, 1.165) is 23.2 Å². The van der Waals surface area contributed by atoms with Crippen LogP contribution in [0.25, 0.3) is 0 Å². The first-order valence-corrected chi connectivity index (χ1v) is 7.12. The van der Waals surface area contributed by atoms with Crippen LogP contribution >= 0.6 is 12.2 Å². The van der Waals surface area contributed by atoms with Crippen LogP contribution in [0.1, 0.15) is 31.2 Å². The van der Waals surface area contributed by atoms with Gasteiger partial charge in [0.05, 0.1) is 0 Å². The van der Waals surface area contributed by atoms with Crippen molar-refractivity contribution in [2.75, 3.05) is 5.32 Å². The van der Waals surface area contributed by atoms with Crippen LogP contribution in [0, 0.1) is 18.8 Å². The molecule has 3 atom stereocenters. The summed E-state index contributed by atoms with van der Waals surface area (Å²) in [5.74, 6) is 2.59. The molecule has 96 valence electrons. The van der Waals surface area contributed by atoms with Crippen molar-refractivity contribution in [1.29, 1.82) is 0 Å². The Bertz CT molecular complexity index is 443. The van der Waals surface area contributed by atoms with Gasteiger partial charge in [0.1, 0.15) is 5.82 Å². The second kappa shape index (κ2) is 4.84. The van der Waals surface area contributed by atoms with Gasteiger partial charge < -0.3 is 10.6 Å². The van der Waals surface area contributed by atoms with Gasteiger partial charge in [0, 0.05) is 12.2 Å². The molecule has 18 heavy (non-hydrogen) atoms. The van der Waals surface area contributed by atoms with E-state index in [4.69, 9.17) is 12.2 Å². The minimum atomic E-state index is 0.578. The smallest absolute Gasteiger partial charge is 0.172 e. The standard InChI is InChI=1S/C14H19N3S/c1-9-2-5-13(15-8-9)17-14(18)16-12-7-10-3-4-11(12)6-10/h2,5,8,10-12H,3-4,6-7H2,1H3,(H2,15,16,17,18)/t10-,11-,12-/m0/s1. The molecule has 2 aliphatic rings. The first-order chi connectivity index (χ1) is 8.70. The third kappa shape index (κ3) is 2.48. The normalized spacial score (nSPS) is 29.3. The average Bonchev–Trinajstić information content (AvgIpc) is 2.94. The van der Waals surface area contributed by atoms with Crippen molar-refractivity contribution in [2.45, 2.75) is 38.6 Å². The Morgan fingerprint density at radius 1 is 1.33 bits per heavy atom.